The van der Waals surface area contributed by atoms with Crippen molar-refractivity contribution < 1.29 is 33.8 Å². The van der Waals surface area contributed by atoms with Crippen molar-refractivity contribution in [2.45, 2.75) is 81.9 Å². The van der Waals surface area contributed by atoms with Crippen LogP contribution in [0, 0.1) is 5.92 Å². The molecule has 4 aliphatic rings. The number of carbonyl (C=O) groups excluding carboxylic acids is 4. The number of carboxylic acid groups (broad SMARTS) is 1. The van der Waals surface area contributed by atoms with Crippen molar-refractivity contribution in [3.05, 3.63) is 28.8 Å². The summed E-state index contributed by atoms with van der Waals surface area (Å²) in [5, 5.41) is 14.2. The van der Waals surface area contributed by atoms with Gasteiger partial charge in [0.2, 0.25) is 11.8 Å². The molecule has 0 radical (unpaired) electrons. The van der Waals surface area contributed by atoms with Crippen molar-refractivity contribution >= 4 is 29.5 Å². The molecule has 1 spiro atoms. The van der Waals surface area contributed by atoms with Gasteiger partial charge in [-0.25, -0.2) is 0 Å². The zero-order valence-corrected chi connectivity index (χ0v) is 25.0. The van der Waals surface area contributed by atoms with Gasteiger partial charge in [0.25, 0.3) is 5.91 Å². The number of aliphatic carboxylic acids is 1. The highest BCUT2D eigenvalue weighted by Crippen LogP contribution is 2.62. The third-order valence-corrected chi connectivity index (χ3v) is 9.90. The maximum atomic E-state index is 13.9. The van der Waals surface area contributed by atoms with Crippen LogP contribution in [0.1, 0.15) is 73.4 Å². The van der Waals surface area contributed by atoms with Crippen LogP contribution in [0.15, 0.2) is 12.1 Å². The topological polar surface area (TPSA) is 171 Å². The first-order valence-electron chi connectivity index (χ1n) is 15.5. The van der Waals surface area contributed by atoms with Gasteiger partial charge in [-0.05, 0) is 83.1 Å². The molecular weight excluding hydrogens is 554 g/mol. The average molecular weight is 598 g/mol. The van der Waals surface area contributed by atoms with Crippen LogP contribution in [0.25, 0.3) is 0 Å². The minimum atomic E-state index is -1.28. The lowest BCUT2D eigenvalue weighted by Crippen LogP contribution is -2.65. The SMILES string of the molecule is CCN(CCNC(=O)[C@H](CCCCN)NC(=O)CC(=O)O)C(=O)c1ccc2c3c1O[C@H]1C(=O)CCC4[C@@H](C2)N(C)CC[C@@]341. The molecule has 1 unspecified atom stereocenters. The van der Waals surface area contributed by atoms with Crippen LogP contribution in [0.2, 0.25) is 0 Å². The number of rotatable bonds is 13. The van der Waals surface area contributed by atoms with Gasteiger partial charge >= 0.3 is 5.97 Å². The van der Waals surface area contributed by atoms with Gasteiger partial charge in [0.05, 0.1) is 5.56 Å². The molecule has 2 fully saturated rings. The Hall–Kier alpha value is -3.51. The summed E-state index contributed by atoms with van der Waals surface area (Å²) in [7, 11) is 2.16. The Labute approximate surface area is 251 Å². The molecule has 1 saturated heterocycles. The summed E-state index contributed by atoms with van der Waals surface area (Å²) in [5.41, 5.74) is 7.85. The van der Waals surface area contributed by atoms with E-state index < -0.39 is 36.4 Å². The Morgan fingerprint density at radius 3 is 2.77 bits per heavy atom. The molecule has 2 heterocycles. The minimum Gasteiger partial charge on any atom is -0.481 e. The number of ketones is 1. The Morgan fingerprint density at radius 2 is 2.05 bits per heavy atom. The highest BCUT2D eigenvalue weighted by molar-refractivity contribution is 5.99. The standard InChI is InChI=1S/C31H43N5O7/c1-3-36(15-13-33-29(41)21(6-4-5-12-32)34-24(38)17-25(39)40)30(42)19-8-7-18-16-22-20-9-10-23(37)28-31(20,11-14-35(22)2)26(18)27(19)43-28/h7-8,20-22,28H,3-6,9-17,32H2,1-2H3,(H,33,41)(H,34,38)(H,39,40)/t20?,21-,22+,28-,31-/m0/s1. The summed E-state index contributed by atoms with van der Waals surface area (Å²) >= 11 is 0. The predicted molar refractivity (Wildman–Crippen MR) is 157 cm³/mol. The van der Waals surface area contributed by atoms with E-state index in [9.17, 15) is 24.0 Å². The van der Waals surface area contributed by atoms with Gasteiger partial charge in [-0.2, -0.15) is 0 Å². The molecule has 5 rings (SSSR count). The number of carbonyl (C=O) groups is 5. The van der Waals surface area contributed by atoms with Crippen LogP contribution in [-0.2, 0) is 31.0 Å². The van der Waals surface area contributed by atoms with Crippen LogP contribution >= 0.6 is 0 Å². The molecule has 0 aromatic heterocycles. The Kier molecular flexibility index (Phi) is 9.07. The second-order valence-corrected chi connectivity index (χ2v) is 12.3. The molecule has 2 bridgehead atoms. The number of unbranched alkanes of at least 4 members (excludes halogenated alkanes) is 1. The second-order valence-electron chi connectivity index (χ2n) is 12.3. The lowest BCUT2D eigenvalue weighted by Gasteiger charge is -2.57. The number of nitrogens with one attached hydrogen (secondary N) is 2. The number of ether oxygens (including phenoxy) is 1. The van der Waals surface area contributed by atoms with Gasteiger partial charge in [-0.3, -0.25) is 24.0 Å². The molecule has 1 aromatic rings. The average Bonchev–Trinajstić information content (AvgIpc) is 3.32. The summed E-state index contributed by atoms with van der Waals surface area (Å²) in [6.45, 7) is 3.94. The van der Waals surface area contributed by atoms with Gasteiger partial charge < -0.3 is 36.0 Å². The number of likely N-dealkylation sites (tertiary alicyclic amines) is 1. The highest BCUT2D eigenvalue weighted by atomic mass is 16.5. The molecule has 43 heavy (non-hydrogen) atoms. The smallest absolute Gasteiger partial charge is 0.312 e. The van der Waals surface area contributed by atoms with E-state index in [2.05, 4.69) is 22.6 Å². The van der Waals surface area contributed by atoms with Crippen molar-refractivity contribution in [1.82, 2.24) is 20.4 Å². The van der Waals surface area contributed by atoms with Crippen molar-refractivity contribution in [1.29, 1.82) is 0 Å². The van der Waals surface area contributed by atoms with E-state index in [1.54, 1.807) is 4.90 Å². The number of nitrogens with two attached hydrogens (primary N) is 1. The molecule has 5 atom stereocenters. The first kappa shape index (κ1) is 30.9. The number of piperidine rings is 1. The number of Topliss-reactive ketones (excluding diaryl/α,β-unsaturated/α-hetero) is 1. The van der Waals surface area contributed by atoms with E-state index in [1.807, 2.05) is 19.1 Å². The summed E-state index contributed by atoms with van der Waals surface area (Å²) in [5.74, 6) is -1.70. The number of carboxylic acids is 1. The van der Waals surface area contributed by atoms with Crippen molar-refractivity contribution in [3.63, 3.8) is 0 Å². The van der Waals surface area contributed by atoms with Crippen molar-refractivity contribution in [2.24, 2.45) is 11.7 Å². The first-order valence-corrected chi connectivity index (χ1v) is 15.5. The van der Waals surface area contributed by atoms with E-state index in [0.29, 0.717) is 62.0 Å². The summed E-state index contributed by atoms with van der Waals surface area (Å²) in [6, 6.07) is 3.31. The normalized spacial score (nSPS) is 25.7. The molecule has 1 aromatic carbocycles. The van der Waals surface area contributed by atoms with Crippen LogP contribution in [0.4, 0.5) is 0 Å². The number of benzene rings is 1. The van der Waals surface area contributed by atoms with Gasteiger partial charge in [0.1, 0.15) is 18.2 Å². The molecule has 1 saturated carbocycles. The van der Waals surface area contributed by atoms with E-state index in [-0.39, 0.29) is 30.2 Å². The molecule has 5 N–H and O–H groups in total. The second kappa shape index (κ2) is 12.6. The summed E-state index contributed by atoms with van der Waals surface area (Å²) in [4.78, 5) is 67.0. The fourth-order valence-corrected chi connectivity index (χ4v) is 7.86. The Bertz CT molecular complexity index is 1300. The van der Waals surface area contributed by atoms with Crippen LogP contribution in [0.5, 0.6) is 5.75 Å². The fraction of sp³-hybridized carbons (Fsp3) is 0.645. The Balaban J connectivity index is 1.30. The minimum absolute atomic E-state index is 0.119. The van der Waals surface area contributed by atoms with E-state index >= 15 is 0 Å². The number of nitrogens with zero attached hydrogens (tertiary/aromatic N) is 2. The van der Waals surface area contributed by atoms with Crippen LogP contribution in [-0.4, -0.2) is 102 Å². The maximum Gasteiger partial charge on any atom is 0.312 e. The lowest BCUT2D eigenvalue weighted by atomic mass is 9.51. The third-order valence-electron chi connectivity index (χ3n) is 9.90. The quantitative estimate of drug-likeness (QED) is 0.188. The van der Waals surface area contributed by atoms with E-state index in [4.69, 9.17) is 15.6 Å². The van der Waals surface area contributed by atoms with E-state index in [1.165, 1.54) is 0 Å². The summed E-state index contributed by atoms with van der Waals surface area (Å²) < 4.78 is 6.48. The molecule has 12 heteroatoms. The molecule has 2 aliphatic carbocycles. The first-order chi connectivity index (χ1) is 20.6. The fourth-order valence-electron chi connectivity index (χ4n) is 7.86. The van der Waals surface area contributed by atoms with Gasteiger partial charge in [0, 0.05) is 43.1 Å². The zero-order valence-electron chi connectivity index (χ0n) is 25.0. The molecular formula is C31H43N5O7. The monoisotopic (exact) mass is 597 g/mol. The largest absolute Gasteiger partial charge is 0.481 e. The zero-order chi connectivity index (χ0) is 30.9. The van der Waals surface area contributed by atoms with Crippen LogP contribution in [0.3, 0.4) is 0 Å². The molecule has 12 nitrogen and oxygen atoms in total. The van der Waals surface area contributed by atoms with Crippen LogP contribution < -0.4 is 21.1 Å². The number of likely N-dealkylation sites (N-methyl/N-ethyl adjacent to an activating group) is 2. The number of hydrogen-bond donors (Lipinski definition) is 4. The molecule has 3 amide bonds. The van der Waals surface area contributed by atoms with Gasteiger partial charge in [-0.15, -0.1) is 0 Å². The third kappa shape index (κ3) is 5.62. The predicted octanol–water partition coefficient (Wildman–Crippen LogP) is 0.592. The van der Waals surface area contributed by atoms with Gasteiger partial charge in [0.15, 0.2) is 11.9 Å². The Morgan fingerprint density at radius 1 is 1.26 bits per heavy atom. The van der Waals surface area contributed by atoms with Gasteiger partial charge in [-0.1, -0.05) is 6.07 Å². The number of hydrogen-bond acceptors (Lipinski definition) is 8. The molecule has 2 aliphatic heterocycles. The molecule has 234 valence electrons. The maximum absolute atomic E-state index is 13.9. The van der Waals surface area contributed by atoms with Crippen molar-refractivity contribution in [2.75, 3.05) is 39.8 Å². The van der Waals surface area contributed by atoms with E-state index in [0.717, 1.165) is 36.9 Å². The lowest BCUT2D eigenvalue weighted by molar-refractivity contribution is -0.142. The van der Waals surface area contributed by atoms with Crippen molar-refractivity contribution in [3.8, 4) is 5.75 Å². The summed E-state index contributed by atoms with van der Waals surface area (Å²) in [6.07, 6.45) is 3.34. The number of amides is 3. The highest BCUT2D eigenvalue weighted by Gasteiger charge is 2.65.